The lowest BCUT2D eigenvalue weighted by Gasteiger charge is -2.16. The molecule has 0 aromatic heterocycles. The average Bonchev–Trinajstić information content (AvgIpc) is 2.59. The van der Waals surface area contributed by atoms with Crippen molar-refractivity contribution >= 4 is 27.6 Å². The van der Waals surface area contributed by atoms with Gasteiger partial charge in [-0.2, -0.15) is 4.31 Å². The van der Waals surface area contributed by atoms with Crippen LogP contribution in [0.4, 0.5) is 10.1 Å². The summed E-state index contributed by atoms with van der Waals surface area (Å²) in [6, 6.07) is 9.72. The number of nitrogens with one attached hydrogen (secondary N) is 1. The number of hydrogen-bond acceptors (Lipinski definition) is 5. The van der Waals surface area contributed by atoms with E-state index >= 15 is 0 Å². The Morgan fingerprint density at radius 1 is 1.07 bits per heavy atom. The lowest BCUT2D eigenvalue weighted by Crippen LogP contribution is -2.34. The molecule has 0 heterocycles. The summed E-state index contributed by atoms with van der Waals surface area (Å²) in [5.74, 6) is -2.00. The van der Waals surface area contributed by atoms with Gasteiger partial charge >= 0.3 is 5.97 Å². The number of aryl methyl sites for hydroxylation is 2. The first-order chi connectivity index (χ1) is 13.1. The standard InChI is InChI=1S/C19H21FN2O5S/c1-13-8-14(2)10-16(9-13)21-18(23)12-27-19(24)11-22(3)28(25,26)17-6-4-15(20)5-7-17/h4-10H,11-12H2,1-3H3,(H,21,23). The van der Waals surface area contributed by atoms with Crippen LogP contribution < -0.4 is 5.32 Å². The van der Waals surface area contributed by atoms with Crippen molar-refractivity contribution in [2.45, 2.75) is 18.7 Å². The predicted octanol–water partition coefficient (Wildman–Crippen LogP) is 2.24. The van der Waals surface area contributed by atoms with Crippen LogP contribution >= 0.6 is 0 Å². The Kier molecular flexibility index (Phi) is 6.87. The number of nitrogens with zero attached hydrogens (tertiary/aromatic N) is 1. The normalized spacial score (nSPS) is 11.3. The zero-order chi connectivity index (χ0) is 20.9. The summed E-state index contributed by atoms with van der Waals surface area (Å²) in [4.78, 5) is 23.6. The topological polar surface area (TPSA) is 92.8 Å². The van der Waals surface area contributed by atoms with E-state index in [9.17, 15) is 22.4 Å². The second-order valence-corrected chi connectivity index (χ2v) is 8.35. The fraction of sp³-hybridized carbons (Fsp3) is 0.263. The first kappa shape index (κ1) is 21.5. The number of rotatable bonds is 7. The maximum atomic E-state index is 12.9. The molecule has 2 aromatic rings. The van der Waals surface area contributed by atoms with Crippen molar-refractivity contribution < 1.29 is 27.1 Å². The molecule has 2 aromatic carbocycles. The highest BCUT2D eigenvalue weighted by atomic mass is 32.2. The molecule has 2 rings (SSSR count). The van der Waals surface area contributed by atoms with E-state index in [-0.39, 0.29) is 4.90 Å². The Hall–Kier alpha value is -2.78. The minimum atomic E-state index is -3.98. The summed E-state index contributed by atoms with van der Waals surface area (Å²) >= 11 is 0. The maximum Gasteiger partial charge on any atom is 0.321 e. The van der Waals surface area contributed by atoms with Gasteiger partial charge in [-0.3, -0.25) is 9.59 Å². The van der Waals surface area contributed by atoms with Crippen LogP contribution in [0.2, 0.25) is 0 Å². The van der Waals surface area contributed by atoms with Gasteiger partial charge in [0.05, 0.1) is 4.90 Å². The van der Waals surface area contributed by atoms with E-state index in [1.54, 1.807) is 12.1 Å². The van der Waals surface area contributed by atoms with Gasteiger partial charge < -0.3 is 10.1 Å². The first-order valence-corrected chi connectivity index (χ1v) is 9.77. The third kappa shape index (κ3) is 5.86. The SMILES string of the molecule is Cc1cc(C)cc(NC(=O)COC(=O)CN(C)S(=O)(=O)c2ccc(F)cc2)c1. The Morgan fingerprint density at radius 3 is 2.21 bits per heavy atom. The molecule has 0 radical (unpaired) electrons. The van der Waals surface area contributed by atoms with Crippen molar-refractivity contribution in [2.24, 2.45) is 0 Å². The number of ether oxygens (including phenoxy) is 1. The molecule has 0 aliphatic heterocycles. The number of carbonyl (C=O) groups excluding carboxylic acids is 2. The van der Waals surface area contributed by atoms with Gasteiger partial charge in [0.25, 0.3) is 5.91 Å². The van der Waals surface area contributed by atoms with Gasteiger partial charge in [0.2, 0.25) is 10.0 Å². The Morgan fingerprint density at radius 2 is 1.64 bits per heavy atom. The van der Waals surface area contributed by atoms with Crippen molar-refractivity contribution in [3.63, 3.8) is 0 Å². The molecular formula is C19H21FN2O5S. The molecule has 0 saturated carbocycles. The van der Waals surface area contributed by atoms with Crippen molar-refractivity contribution in [3.05, 3.63) is 59.4 Å². The summed E-state index contributed by atoms with van der Waals surface area (Å²) in [6.45, 7) is 2.65. The molecule has 0 bridgehead atoms. The van der Waals surface area contributed by atoms with E-state index in [1.807, 2.05) is 19.9 Å². The molecule has 28 heavy (non-hydrogen) atoms. The van der Waals surface area contributed by atoms with E-state index in [4.69, 9.17) is 4.74 Å². The summed E-state index contributed by atoms with van der Waals surface area (Å²) in [6.07, 6.45) is 0. The molecule has 0 unspecified atom stereocenters. The smallest absolute Gasteiger partial charge is 0.321 e. The molecule has 0 atom stereocenters. The number of hydrogen-bond donors (Lipinski definition) is 1. The average molecular weight is 408 g/mol. The molecular weight excluding hydrogens is 387 g/mol. The minimum Gasteiger partial charge on any atom is -0.455 e. The highest BCUT2D eigenvalue weighted by Gasteiger charge is 2.24. The van der Waals surface area contributed by atoms with Crippen molar-refractivity contribution in [3.8, 4) is 0 Å². The summed E-state index contributed by atoms with van der Waals surface area (Å²) in [7, 11) is -2.79. The number of likely N-dealkylation sites (N-methyl/N-ethyl adjacent to an activating group) is 1. The number of benzene rings is 2. The van der Waals surface area contributed by atoms with Gasteiger partial charge in [-0.1, -0.05) is 6.07 Å². The number of esters is 1. The number of amides is 1. The summed E-state index contributed by atoms with van der Waals surface area (Å²) in [5.41, 5.74) is 2.52. The molecule has 150 valence electrons. The van der Waals surface area contributed by atoms with Gasteiger partial charge in [0.1, 0.15) is 12.4 Å². The van der Waals surface area contributed by atoms with Crippen LogP contribution in [0.15, 0.2) is 47.4 Å². The molecule has 1 N–H and O–H groups in total. The number of carbonyl (C=O) groups is 2. The second-order valence-electron chi connectivity index (χ2n) is 6.30. The fourth-order valence-electron chi connectivity index (χ4n) is 2.49. The van der Waals surface area contributed by atoms with E-state index in [0.29, 0.717) is 5.69 Å². The van der Waals surface area contributed by atoms with E-state index in [2.05, 4.69) is 5.32 Å². The van der Waals surface area contributed by atoms with Gasteiger partial charge in [-0.25, -0.2) is 12.8 Å². The lowest BCUT2D eigenvalue weighted by atomic mass is 10.1. The fourth-order valence-corrected chi connectivity index (χ4v) is 3.60. The third-order valence-corrected chi connectivity index (χ3v) is 5.56. The van der Waals surface area contributed by atoms with Crippen LogP contribution in [0.3, 0.4) is 0 Å². The summed E-state index contributed by atoms with van der Waals surface area (Å²) in [5, 5.41) is 2.61. The highest BCUT2D eigenvalue weighted by molar-refractivity contribution is 7.89. The van der Waals surface area contributed by atoms with Crippen molar-refractivity contribution in [1.82, 2.24) is 4.31 Å². The Bertz CT molecular complexity index is 954. The van der Waals surface area contributed by atoms with Crippen LogP contribution in [0, 0.1) is 19.7 Å². The number of halogens is 1. The maximum absolute atomic E-state index is 12.9. The van der Waals surface area contributed by atoms with Crippen LogP contribution in [0.25, 0.3) is 0 Å². The Labute approximate surface area is 163 Å². The van der Waals surface area contributed by atoms with Crippen LogP contribution in [-0.4, -0.2) is 44.8 Å². The van der Waals surface area contributed by atoms with Crippen molar-refractivity contribution in [1.29, 1.82) is 0 Å². The number of anilines is 1. The molecule has 0 aliphatic carbocycles. The Balaban J connectivity index is 1.89. The minimum absolute atomic E-state index is 0.156. The van der Waals surface area contributed by atoms with E-state index in [0.717, 1.165) is 39.7 Å². The van der Waals surface area contributed by atoms with Gasteiger partial charge in [-0.05, 0) is 61.4 Å². The third-order valence-electron chi connectivity index (χ3n) is 3.74. The predicted molar refractivity (Wildman–Crippen MR) is 102 cm³/mol. The highest BCUT2D eigenvalue weighted by Crippen LogP contribution is 2.15. The van der Waals surface area contributed by atoms with Crippen LogP contribution in [0.1, 0.15) is 11.1 Å². The van der Waals surface area contributed by atoms with E-state index in [1.165, 1.54) is 7.05 Å². The van der Waals surface area contributed by atoms with Gasteiger partial charge in [0, 0.05) is 12.7 Å². The first-order valence-electron chi connectivity index (χ1n) is 8.33. The molecule has 1 amide bonds. The molecule has 0 aliphatic rings. The van der Waals surface area contributed by atoms with Gasteiger partial charge in [-0.15, -0.1) is 0 Å². The second kappa shape index (κ2) is 8.94. The number of sulfonamides is 1. The quantitative estimate of drug-likeness (QED) is 0.710. The monoisotopic (exact) mass is 408 g/mol. The van der Waals surface area contributed by atoms with Crippen LogP contribution in [-0.2, 0) is 24.3 Å². The largest absolute Gasteiger partial charge is 0.455 e. The molecule has 0 fully saturated rings. The summed E-state index contributed by atoms with van der Waals surface area (Å²) < 4.78 is 43.2. The van der Waals surface area contributed by atoms with Gasteiger partial charge in [0.15, 0.2) is 6.61 Å². The zero-order valence-electron chi connectivity index (χ0n) is 15.7. The van der Waals surface area contributed by atoms with Crippen LogP contribution in [0.5, 0.6) is 0 Å². The van der Waals surface area contributed by atoms with Crippen molar-refractivity contribution in [2.75, 3.05) is 25.5 Å². The lowest BCUT2D eigenvalue weighted by molar-refractivity contribution is -0.147. The zero-order valence-corrected chi connectivity index (χ0v) is 16.5. The molecule has 9 heteroatoms. The molecule has 0 saturated heterocycles. The molecule has 0 spiro atoms. The molecule has 7 nitrogen and oxygen atoms in total. The van der Waals surface area contributed by atoms with E-state index < -0.39 is 40.9 Å².